The van der Waals surface area contributed by atoms with Crippen molar-refractivity contribution in [3.63, 3.8) is 0 Å². The monoisotopic (exact) mass is 476 g/mol. The third-order valence-corrected chi connectivity index (χ3v) is 5.96. The van der Waals surface area contributed by atoms with Gasteiger partial charge < -0.3 is 14.4 Å². The number of anilines is 1. The average Bonchev–Trinajstić information content (AvgIpc) is 3.31. The summed E-state index contributed by atoms with van der Waals surface area (Å²) in [5, 5.41) is 12.3. The van der Waals surface area contributed by atoms with E-state index in [1.54, 1.807) is 25.0 Å². The minimum atomic E-state index is -4.36. The van der Waals surface area contributed by atoms with Gasteiger partial charge in [0, 0.05) is 39.0 Å². The first-order chi connectivity index (χ1) is 16.4. The van der Waals surface area contributed by atoms with Crippen LogP contribution in [-0.4, -0.2) is 72.1 Å². The third kappa shape index (κ3) is 5.31. The molecule has 1 aliphatic rings. The van der Waals surface area contributed by atoms with Crippen LogP contribution in [0.25, 0.3) is 0 Å². The first kappa shape index (κ1) is 24.0. The van der Waals surface area contributed by atoms with E-state index in [9.17, 15) is 13.2 Å². The lowest BCUT2D eigenvalue weighted by molar-refractivity contribution is -0.137. The van der Waals surface area contributed by atoms with E-state index >= 15 is 0 Å². The van der Waals surface area contributed by atoms with Crippen LogP contribution in [0, 0.1) is 0 Å². The quantitative estimate of drug-likeness (QED) is 0.494. The van der Waals surface area contributed by atoms with Crippen molar-refractivity contribution in [2.45, 2.75) is 18.8 Å². The molecule has 1 fully saturated rings. The Morgan fingerprint density at radius 2 is 1.74 bits per heavy atom. The second-order valence-corrected chi connectivity index (χ2v) is 8.00. The summed E-state index contributed by atoms with van der Waals surface area (Å²) in [4.78, 5) is 4.23. The van der Waals surface area contributed by atoms with E-state index < -0.39 is 11.7 Å². The maximum Gasteiger partial charge on any atom is 0.416 e. The van der Waals surface area contributed by atoms with Crippen molar-refractivity contribution in [2.75, 3.05) is 51.9 Å². The van der Waals surface area contributed by atoms with Gasteiger partial charge in [-0.05, 0) is 46.3 Å². The van der Waals surface area contributed by atoms with Crippen molar-refractivity contribution in [3.8, 4) is 5.75 Å². The van der Waals surface area contributed by atoms with Gasteiger partial charge in [0.25, 0.3) is 0 Å². The molecule has 34 heavy (non-hydrogen) atoms. The molecular formula is C23H27F3N6O2. The normalized spacial score (nSPS) is 16.0. The summed E-state index contributed by atoms with van der Waals surface area (Å²) in [6.07, 6.45) is -4.36. The Kier molecular flexibility index (Phi) is 7.32. The molecule has 11 heteroatoms. The smallest absolute Gasteiger partial charge is 0.416 e. The Balaban J connectivity index is 1.57. The second-order valence-electron chi connectivity index (χ2n) is 8.00. The zero-order valence-electron chi connectivity index (χ0n) is 19.1. The predicted molar refractivity (Wildman–Crippen MR) is 120 cm³/mol. The number of aromatic nitrogens is 4. The highest BCUT2D eigenvalue weighted by atomic mass is 19.4. The molecule has 1 saturated heterocycles. The largest absolute Gasteiger partial charge is 0.497 e. The number of hydrogen-bond acceptors (Lipinski definition) is 7. The van der Waals surface area contributed by atoms with Gasteiger partial charge in [-0.25, -0.2) is 4.68 Å². The Morgan fingerprint density at radius 1 is 1.00 bits per heavy atom. The van der Waals surface area contributed by atoms with Gasteiger partial charge in [0.05, 0.1) is 31.9 Å². The van der Waals surface area contributed by atoms with Gasteiger partial charge in [-0.15, -0.1) is 5.10 Å². The van der Waals surface area contributed by atoms with Crippen LogP contribution in [0.5, 0.6) is 5.75 Å². The number of tetrazole rings is 1. The second kappa shape index (κ2) is 10.4. The molecule has 182 valence electrons. The van der Waals surface area contributed by atoms with Crippen molar-refractivity contribution in [3.05, 3.63) is 65.5 Å². The highest BCUT2D eigenvalue weighted by molar-refractivity contribution is 5.49. The number of rotatable bonds is 8. The number of piperazine rings is 1. The first-order valence-corrected chi connectivity index (χ1v) is 11.0. The number of alkyl halides is 3. The van der Waals surface area contributed by atoms with Crippen LogP contribution in [0.4, 0.5) is 18.9 Å². The van der Waals surface area contributed by atoms with Gasteiger partial charge in [-0.3, -0.25) is 4.90 Å². The number of methoxy groups -OCH3 is 2. The van der Waals surface area contributed by atoms with Gasteiger partial charge in [-0.2, -0.15) is 13.2 Å². The molecule has 0 saturated carbocycles. The van der Waals surface area contributed by atoms with Gasteiger partial charge in [0.15, 0.2) is 5.82 Å². The minimum Gasteiger partial charge on any atom is -0.497 e. The van der Waals surface area contributed by atoms with Crippen LogP contribution in [0.3, 0.4) is 0 Å². The third-order valence-electron chi connectivity index (χ3n) is 5.96. The molecule has 0 N–H and O–H groups in total. The maximum atomic E-state index is 13.2. The average molecular weight is 477 g/mol. The van der Waals surface area contributed by atoms with Gasteiger partial charge in [-0.1, -0.05) is 18.2 Å². The number of benzene rings is 2. The Labute approximate surface area is 195 Å². The van der Waals surface area contributed by atoms with Crippen LogP contribution in [0.15, 0.2) is 48.5 Å². The predicted octanol–water partition coefficient (Wildman–Crippen LogP) is 3.26. The Hall–Kier alpha value is -3.18. The molecule has 8 nitrogen and oxygen atoms in total. The lowest BCUT2D eigenvalue weighted by Crippen LogP contribution is -2.48. The maximum absolute atomic E-state index is 13.2. The Morgan fingerprint density at radius 3 is 2.38 bits per heavy atom. The van der Waals surface area contributed by atoms with Crippen molar-refractivity contribution in [1.82, 2.24) is 25.1 Å². The zero-order valence-corrected chi connectivity index (χ0v) is 19.1. The van der Waals surface area contributed by atoms with Gasteiger partial charge >= 0.3 is 6.18 Å². The number of hydrogen-bond donors (Lipinski definition) is 0. The fourth-order valence-corrected chi connectivity index (χ4v) is 4.17. The Bertz CT molecular complexity index is 1070. The minimum absolute atomic E-state index is 0.221. The van der Waals surface area contributed by atoms with E-state index in [4.69, 9.17) is 9.47 Å². The summed E-state index contributed by atoms with van der Waals surface area (Å²) in [7, 11) is 3.24. The summed E-state index contributed by atoms with van der Waals surface area (Å²) >= 11 is 0. The first-order valence-electron chi connectivity index (χ1n) is 11.0. The topological polar surface area (TPSA) is 68.5 Å². The summed E-state index contributed by atoms with van der Waals surface area (Å²) in [5.74, 6) is 1.44. The molecule has 0 aliphatic carbocycles. The van der Waals surface area contributed by atoms with E-state index in [1.807, 2.05) is 29.2 Å². The summed E-state index contributed by atoms with van der Waals surface area (Å²) in [6, 6.07) is 13.0. The van der Waals surface area contributed by atoms with Gasteiger partial charge in [0.2, 0.25) is 0 Å². The molecule has 0 bridgehead atoms. The van der Waals surface area contributed by atoms with Crippen LogP contribution in [0.2, 0.25) is 0 Å². The van der Waals surface area contributed by atoms with Crippen molar-refractivity contribution in [1.29, 1.82) is 0 Å². The molecule has 2 aromatic carbocycles. The SMILES string of the molecule is COCCn1nnnc1[C@H](c1ccc(OC)cc1)N1CCN(c2cccc(C(F)(F)F)c2)CC1. The van der Waals surface area contributed by atoms with E-state index in [1.165, 1.54) is 12.1 Å². The molecule has 1 aliphatic heterocycles. The standard InChI is InChI=1S/C23H27F3N6O2/c1-33-15-14-32-22(27-28-29-32)21(17-6-8-20(34-2)9-7-17)31-12-10-30(11-13-31)19-5-3-4-18(16-19)23(24,25)26/h3-9,16,21H,10-15H2,1-2H3/t21-/m0/s1. The highest BCUT2D eigenvalue weighted by Gasteiger charge is 2.33. The number of nitrogens with zero attached hydrogens (tertiary/aromatic N) is 6. The van der Waals surface area contributed by atoms with Gasteiger partial charge in [0.1, 0.15) is 5.75 Å². The van der Waals surface area contributed by atoms with E-state index in [0.717, 1.165) is 17.4 Å². The summed E-state index contributed by atoms with van der Waals surface area (Å²) < 4.78 is 51.7. The molecule has 0 amide bonds. The molecule has 3 aromatic rings. The van der Waals surface area contributed by atoms with E-state index in [0.29, 0.717) is 50.8 Å². The fraction of sp³-hybridized carbons (Fsp3) is 0.435. The van der Waals surface area contributed by atoms with E-state index in [2.05, 4.69) is 20.4 Å². The zero-order chi connectivity index (χ0) is 24.1. The lowest BCUT2D eigenvalue weighted by Gasteiger charge is -2.40. The van der Waals surface area contributed by atoms with E-state index in [-0.39, 0.29) is 6.04 Å². The van der Waals surface area contributed by atoms with Crippen molar-refractivity contribution < 1.29 is 22.6 Å². The number of halogens is 3. The van der Waals surface area contributed by atoms with Crippen molar-refractivity contribution in [2.24, 2.45) is 0 Å². The van der Waals surface area contributed by atoms with Crippen LogP contribution >= 0.6 is 0 Å². The molecule has 1 atom stereocenters. The molecule has 4 rings (SSSR count). The highest BCUT2D eigenvalue weighted by Crippen LogP contribution is 2.33. The molecule has 0 spiro atoms. The molecule has 0 unspecified atom stereocenters. The fourth-order valence-electron chi connectivity index (χ4n) is 4.17. The van der Waals surface area contributed by atoms with Crippen LogP contribution in [-0.2, 0) is 17.5 Å². The molecule has 1 aromatic heterocycles. The summed E-state index contributed by atoms with van der Waals surface area (Å²) in [6.45, 7) is 3.39. The van der Waals surface area contributed by atoms with Crippen LogP contribution < -0.4 is 9.64 Å². The molecule has 2 heterocycles. The molecule has 0 radical (unpaired) electrons. The molecular weight excluding hydrogens is 449 g/mol. The lowest BCUT2D eigenvalue weighted by atomic mass is 10.0. The van der Waals surface area contributed by atoms with Crippen LogP contribution in [0.1, 0.15) is 23.0 Å². The number of ether oxygens (including phenoxy) is 2. The summed E-state index contributed by atoms with van der Waals surface area (Å²) in [5.41, 5.74) is 0.933. The van der Waals surface area contributed by atoms with Crippen molar-refractivity contribution >= 4 is 5.69 Å².